The van der Waals surface area contributed by atoms with Crippen LogP contribution in [0.4, 0.5) is 0 Å². The molecule has 0 unspecified atom stereocenters. The maximum Gasteiger partial charge on any atom is 0.344 e. The van der Waals surface area contributed by atoms with Crippen LogP contribution < -0.4 is 23.7 Å². The minimum Gasteiger partial charge on any atom is -0.422 e. The van der Waals surface area contributed by atoms with E-state index in [1.807, 2.05) is 249 Å². The molecule has 0 saturated carbocycles. The predicted octanol–water partition coefficient (Wildman–Crippen LogP) is 31.3. The minimum atomic E-state index is -0.307. The Morgan fingerprint density at radius 3 is 0.703 bits per heavy atom. The zero-order valence-electron chi connectivity index (χ0n) is 82.6. The maximum absolute atomic E-state index is 13.7. The Morgan fingerprint density at radius 2 is 0.405 bits per heavy atom. The van der Waals surface area contributed by atoms with Crippen molar-refractivity contribution >= 4 is 203 Å². The fourth-order valence-corrected chi connectivity index (χ4v) is 34.7. The van der Waals surface area contributed by atoms with Crippen LogP contribution in [0.3, 0.4) is 0 Å². The molecule has 148 heavy (non-hydrogen) atoms. The van der Waals surface area contributed by atoms with Crippen molar-refractivity contribution in [2.45, 2.75) is 114 Å². The van der Waals surface area contributed by atoms with Gasteiger partial charge in [-0.2, -0.15) is 0 Å². The van der Waals surface area contributed by atoms with Crippen molar-refractivity contribution in [2.24, 2.45) is 0 Å². The van der Waals surface area contributed by atoms with Crippen molar-refractivity contribution < 1.29 is 47.7 Å². The lowest BCUT2D eigenvalue weighted by Gasteiger charge is -2.16. The molecular formula is C133H113O10S5+5. The maximum atomic E-state index is 13.7. The molecule has 0 N–H and O–H groups in total. The van der Waals surface area contributed by atoms with Gasteiger partial charge in [0.25, 0.3) is 0 Å². The zero-order chi connectivity index (χ0) is 99.8. The molecule has 0 atom stereocenters. The highest BCUT2D eigenvalue weighted by Crippen LogP contribution is 2.45. The molecule has 5 aliphatic heterocycles. The number of rotatable bonds is 15. The molecule has 730 valence electrons. The summed E-state index contributed by atoms with van der Waals surface area (Å²) in [5.74, 6) is 14.6. The Balaban J connectivity index is 0.000000102. The first kappa shape index (κ1) is 97.0. The van der Waals surface area contributed by atoms with Crippen LogP contribution in [0.25, 0.3) is 119 Å². The molecule has 5 saturated heterocycles. The first-order valence-corrected chi connectivity index (χ1v) is 59.8. The Bertz CT molecular complexity index is 8480. The molecule has 0 spiro atoms. The molecule has 0 radical (unpaired) electrons. The third-order valence-electron chi connectivity index (χ3n) is 29.5. The predicted molar refractivity (Wildman–Crippen MR) is 621 cm³/mol. The molecule has 0 amide bonds. The van der Waals surface area contributed by atoms with E-state index >= 15 is 0 Å². The Hall–Kier alpha value is -14.4. The second-order valence-corrected chi connectivity index (χ2v) is 49.8. The average Bonchev–Trinajstić information content (AvgIpc) is 1.10. The lowest BCUT2D eigenvalue weighted by Crippen LogP contribution is -2.18. The van der Waals surface area contributed by atoms with E-state index in [0.29, 0.717) is 100 Å². The molecule has 20 aromatic carbocycles. The monoisotopic (exact) mass is 2030 g/mol. The normalized spacial score (nSPS) is 15.3. The van der Waals surface area contributed by atoms with Gasteiger partial charge in [0, 0.05) is 108 Å². The highest BCUT2D eigenvalue weighted by atomic mass is 32.2. The standard InChI is InChI=1S/C30H25O2S.C29H23O2S.C25H23O2S.C25H21O2S.C24H21O2S/c31-30(29-23-12-4-2-10-21(23)20-22-11-3-5-13-24(22)29)32-27-16-17-28(33-18-8-1-9-19-33)26-15-7-6-14-25(26)27;30-29(28-22-11-3-1-9-20(22)19-21-10-2-4-12-23(21)28)31-26-15-16-27(32-17-7-8-18-32)25-14-6-5-13-24(25)26;26-25(22-13-12-18-8-2-3-9-19(18)22)27-23-14-15-24(28-16-6-1-7-17-28)21-11-5-4-10-20(21)23;26-25(22-13-7-9-18-8-1-2-10-19(18)22)27-23-14-15-24(28-16-5-6-17-28)21-12-4-3-11-20(21)23;25-24(21-12-11-17-7-1-2-8-18(17)21)26-22-13-14-23(27-15-5-6-16-27)20-10-4-3-9-19(20)22/h2-7,10-17,20H,1,8-9,18-19H2;1-6,9-16,19H,7-8,17-18H2;2-5,8-11,13-15H,1,6-7,12,16-17H2;1-4,7-15H,5-6,16-17H2;1-4,7-10,12-14H,5-6,11,15-16H2/q5*+1. The summed E-state index contributed by atoms with van der Waals surface area (Å²) in [7, 11) is 1.54. The lowest BCUT2D eigenvalue weighted by molar-refractivity contribution is -0.128. The summed E-state index contributed by atoms with van der Waals surface area (Å²) >= 11 is 0. The van der Waals surface area contributed by atoms with E-state index in [2.05, 4.69) is 146 Å². The van der Waals surface area contributed by atoms with E-state index in [0.717, 1.165) is 105 Å². The lowest BCUT2D eigenvalue weighted by atomic mass is 9.97. The van der Waals surface area contributed by atoms with Gasteiger partial charge >= 0.3 is 29.8 Å². The fraction of sp³-hybridized carbons (Fsp3) is 0.180. The van der Waals surface area contributed by atoms with Crippen LogP contribution >= 0.6 is 0 Å². The second kappa shape index (κ2) is 44.7. The fourth-order valence-electron chi connectivity index (χ4n) is 22.2. The van der Waals surface area contributed by atoms with Gasteiger partial charge in [0.05, 0.1) is 27.8 Å². The van der Waals surface area contributed by atoms with E-state index in [1.165, 1.54) is 197 Å². The molecule has 15 heteroatoms. The zero-order valence-corrected chi connectivity index (χ0v) is 86.7. The van der Waals surface area contributed by atoms with E-state index < -0.39 is 0 Å². The Morgan fingerprint density at radius 1 is 0.182 bits per heavy atom. The van der Waals surface area contributed by atoms with Crippen LogP contribution in [0.15, 0.2) is 419 Å². The topological polar surface area (TPSA) is 132 Å². The van der Waals surface area contributed by atoms with E-state index in [9.17, 15) is 24.0 Å². The summed E-state index contributed by atoms with van der Waals surface area (Å²) in [6.07, 6.45) is 21.4. The van der Waals surface area contributed by atoms with Crippen LogP contribution in [-0.2, 0) is 76.9 Å². The number of allylic oxidation sites excluding steroid dienone is 2. The van der Waals surface area contributed by atoms with Gasteiger partial charge in [-0.15, -0.1) is 0 Å². The first-order chi connectivity index (χ1) is 73.0. The summed E-state index contributed by atoms with van der Waals surface area (Å²) in [4.78, 5) is 73.1. The van der Waals surface area contributed by atoms with Crippen molar-refractivity contribution in [1.82, 2.24) is 0 Å². The number of carbonyl (C=O) groups is 5. The summed E-state index contributed by atoms with van der Waals surface area (Å²) in [6, 6.07) is 129. The van der Waals surface area contributed by atoms with Crippen molar-refractivity contribution in [3.63, 3.8) is 0 Å². The molecule has 5 fully saturated rings. The summed E-state index contributed by atoms with van der Waals surface area (Å²) in [5, 5.41) is 21.1. The molecule has 0 bridgehead atoms. The van der Waals surface area contributed by atoms with Crippen molar-refractivity contribution in [1.29, 1.82) is 0 Å². The van der Waals surface area contributed by atoms with Gasteiger partial charge in [0.2, 0.25) is 0 Å². The van der Waals surface area contributed by atoms with E-state index in [1.54, 1.807) is 0 Å². The van der Waals surface area contributed by atoms with Gasteiger partial charge in [0.15, 0.2) is 24.5 Å². The highest BCUT2D eigenvalue weighted by molar-refractivity contribution is 7.98. The first-order valence-electron chi connectivity index (χ1n) is 52.0. The quantitative estimate of drug-likeness (QED) is 0.0423. The molecule has 2 aliphatic carbocycles. The van der Waals surface area contributed by atoms with Crippen molar-refractivity contribution in [2.75, 3.05) is 57.5 Å². The number of benzene rings is 20. The van der Waals surface area contributed by atoms with Crippen LogP contribution in [0, 0.1) is 0 Å². The number of hydrogen-bond donors (Lipinski definition) is 0. The number of esters is 5. The molecule has 5 heterocycles. The van der Waals surface area contributed by atoms with Crippen LogP contribution in [0.5, 0.6) is 28.7 Å². The summed E-state index contributed by atoms with van der Waals surface area (Å²) in [5.41, 5.74) is 7.59. The molecule has 27 rings (SSSR count). The SMILES string of the molecule is O=C(Oc1ccc([S+]2CCCC2)c2ccccc12)C1=CCc2ccccc21.O=C(Oc1ccc([S+]2CCCC2)c2ccccc12)c1c2ccccc2cc2ccccc12.O=C(Oc1ccc([S+]2CCCC2)c2ccccc12)c1cccc2ccccc12.O=C(Oc1ccc([S+]2CCCCC2)c2ccccc12)C1=CCc2ccccc21.O=C(Oc1ccc([S+]2CCCCC2)c2ccccc12)c1c2ccccc2cc2ccccc12. The van der Waals surface area contributed by atoms with Crippen LogP contribution in [0.2, 0.25) is 0 Å². The van der Waals surface area contributed by atoms with Crippen molar-refractivity contribution in [3.8, 4) is 28.7 Å². The molecule has 20 aromatic rings. The third kappa shape index (κ3) is 20.4. The third-order valence-corrected chi connectivity index (χ3v) is 42.2. The Kier molecular flexibility index (Phi) is 29.3. The highest BCUT2D eigenvalue weighted by Gasteiger charge is 2.37. The van der Waals surface area contributed by atoms with Gasteiger partial charge in [-0.3, -0.25) is 0 Å². The number of hydrogen-bond acceptors (Lipinski definition) is 10. The minimum absolute atomic E-state index is 0.261. The molecular weight excluding hydrogens is 1920 g/mol. The van der Waals surface area contributed by atoms with Gasteiger partial charge in [-0.1, -0.05) is 285 Å². The summed E-state index contributed by atoms with van der Waals surface area (Å²) < 4.78 is 29.9. The molecule has 0 aromatic heterocycles. The molecule has 7 aliphatic rings. The largest absolute Gasteiger partial charge is 0.422 e. The second-order valence-electron chi connectivity index (χ2n) is 38.6. The summed E-state index contributed by atoms with van der Waals surface area (Å²) in [6.45, 7) is 0. The van der Waals surface area contributed by atoms with E-state index in [4.69, 9.17) is 23.7 Å². The van der Waals surface area contributed by atoms with Crippen LogP contribution in [0.1, 0.15) is 130 Å². The van der Waals surface area contributed by atoms with Gasteiger partial charge in [-0.25, -0.2) is 24.0 Å². The van der Waals surface area contributed by atoms with Gasteiger partial charge in [-0.05, 0) is 275 Å². The van der Waals surface area contributed by atoms with Crippen molar-refractivity contribution in [3.05, 3.63) is 433 Å². The molecule has 10 nitrogen and oxygen atoms in total. The van der Waals surface area contributed by atoms with E-state index in [-0.39, 0.29) is 40.7 Å². The van der Waals surface area contributed by atoms with Crippen LogP contribution in [-0.4, -0.2) is 87.4 Å². The smallest absolute Gasteiger partial charge is 0.344 e. The number of ether oxygens (including phenoxy) is 5. The number of carbonyl (C=O) groups excluding carboxylic acids is 5. The van der Waals surface area contributed by atoms with Gasteiger partial charge in [0.1, 0.15) is 86.3 Å². The Labute approximate surface area is 877 Å². The average molecular weight is 2030 g/mol. The van der Waals surface area contributed by atoms with Gasteiger partial charge < -0.3 is 23.7 Å². The number of fused-ring (bicyclic) bond motifs is 12.